The number of thioether (sulfide) groups is 1. The number of halogens is 2. The van der Waals surface area contributed by atoms with Crippen LogP contribution in [0, 0.1) is 0 Å². The number of carbonyl (C=O) groups excluding carboxylic acids is 1. The normalized spacial score (nSPS) is 10.8. The number of rotatable bonds is 6. The van der Waals surface area contributed by atoms with E-state index in [1.165, 1.54) is 11.8 Å². The lowest BCUT2D eigenvalue weighted by Crippen LogP contribution is -2.06. The predicted molar refractivity (Wildman–Crippen MR) is 100 cm³/mol. The van der Waals surface area contributed by atoms with Crippen LogP contribution in [0.4, 0.5) is 0 Å². The van der Waals surface area contributed by atoms with Gasteiger partial charge in [0, 0.05) is 35.1 Å². The van der Waals surface area contributed by atoms with E-state index >= 15 is 0 Å². The van der Waals surface area contributed by atoms with E-state index in [0.717, 1.165) is 11.4 Å². The molecule has 0 saturated heterocycles. The molecule has 0 saturated carbocycles. The SMILES string of the molecule is CCn1c(SCC(=O)c2ccc(Cl)cc2Cl)nnc1-c1cccnc1. The summed E-state index contributed by atoms with van der Waals surface area (Å²) >= 11 is 13.3. The van der Waals surface area contributed by atoms with Crippen molar-refractivity contribution in [2.75, 3.05) is 5.75 Å². The highest BCUT2D eigenvalue weighted by Crippen LogP contribution is 2.26. The zero-order valence-corrected chi connectivity index (χ0v) is 15.6. The maximum atomic E-state index is 12.4. The first-order valence-corrected chi connectivity index (χ1v) is 9.29. The van der Waals surface area contributed by atoms with Crippen molar-refractivity contribution in [1.82, 2.24) is 19.7 Å². The summed E-state index contributed by atoms with van der Waals surface area (Å²) in [5.74, 6) is 0.863. The first-order chi connectivity index (χ1) is 12.1. The van der Waals surface area contributed by atoms with Crippen LogP contribution in [0.2, 0.25) is 10.0 Å². The van der Waals surface area contributed by atoms with E-state index in [0.29, 0.717) is 27.3 Å². The van der Waals surface area contributed by atoms with Crippen molar-refractivity contribution in [3.8, 4) is 11.4 Å². The molecule has 3 rings (SSSR count). The second-order valence-electron chi connectivity index (χ2n) is 5.13. The van der Waals surface area contributed by atoms with Gasteiger partial charge in [0.2, 0.25) is 0 Å². The van der Waals surface area contributed by atoms with Gasteiger partial charge in [0.25, 0.3) is 0 Å². The molecule has 0 aliphatic heterocycles. The summed E-state index contributed by atoms with van der Waals surface area (Å²) in [5.41, 5.74) is 1.34. The Morgan fingerprint density at radius 2 is 2.08 bits per heavy atom. The molecule has 128 valence electrons. The van der Waals surface area contributed by atoms with Crippen LogP contribution in [0.1, 0.15) is 17.3 Å². The van der Waals surface area contributed by atoms with Gasteiger partial charge in [-0.15, -0.1) is 10.2 Å². The summed E-state index contributed by atoms with van der Waals surface area (Å²) < 4.78 is 1.96. The molecule has 0 amide bonds. The number of Topliss-reactive ketones (excluding diaryl/α,β-unsaturated/α-hetero) is 1. The number of ketones is 1. The average molecular weight is 393 g/mol. The first-order valence-electron chi connectivity index (χ1n) is 7.54. The molecule has 0 spiro atoms. The molecule has 0 fully saturated rings. The van der Waals surface area contributed by atoms with Crippen LogP contribution < -0.4 is 0 Å². The van der Waals surface area contributed by atoms with Gasteiger partial charge in [-0.25, -0.2) is 0 Å². The zero-order chi connectivity index (χ0) is 17.8. The highest BCUT2D eigenvalue weighted by atomic mass is 35.5. The highest BCUT2D eigenvalue weighted by Gasteiger charge is 2.16. The van der Waals surface area contributed by atoms with Crippen molar-refractivity contribution in [2.45, 2.75) is 18.6 Å². The van der Waals surface area contributed by atoms with Crippen LogP contribution >= 0.6 is 35.0 Å². The summed E-state index contributed by atoms with van der Waals surface area (Å²) in [7, 11) is 0. The molecular weight excluding hydrogens is 379 g/mol. The fraction of sp³-hybridized carbons (Fsp3) is 0.176. The molecule has 2 aromatic heterocycles. The fourth-order valence-corrected chi connectivity index (χ4v) is 3.71. The summed E-state index contributed by atoms with van der Waals surface area (Å²) in [6.45, 7) is 2.70. The summed E-state index contributed by atoms with van der Waals surface area (Å²) in [4.78, 5) is 16.5. The summed E-state index contributed by atoms with van der Waals surface area (Å²) in [6.07, 6.45) is 3.45. The minimum Gasteiger partial charge on any atom is -0.302 e. The molecule has 2 heterocycles. The number of hydrogen-bond donors (Lipinski definition) is 0. The molecule has 0 bridgehead atoms. The molecule has 25 heavy (non-hydrogen) atoms. The van der Waals surface area contributed by atoms with Crippen molar-refractivity contribution in [1.29, 1.82) is 0 Å². The predicted octanol–water partition coefficient (Wildman–Crippen LogP) is 4.64. The molecule has 0 unspecified atom stereocenters. The van der Waals surface area contributed by atoms with Gasteiger partial charge in [-0.1, -0.05) is 35.0 Å². The van der Waals surface area contributed by atoms with Crippen LogP contribution in [0.15, 0.2) is 47.9 Å². The minimum atomic E-state index is -0.0831. The monoisotopic (exact) mass is 392 g/mol. The molecule has 3 aromatic rings. The van der Waals surface area contributed by atoms with Gasteiger partial charge < -0.3 is 4.57 Å². The van der Waals surface area contributed by atoms with Crippen LogP contribution in [-0.4, -0.2) is 31.3 Å². The van der Waals surface area contributed by atoms with Crippen LogP contribution in [0.3, 0.4) is 0 Å². The Bertz CT molecular complexity index is 899. The van der Waals surface area contributed by atoms with Crippen LogP contribution in [-0.2, 0) is 6.54 Å². The summed E-state index contributed by atoms with van der Waals surface area (Å²) in [6, 6.07) is 8.63. The number of pyridine rings is 1. The second-order valence-corrected chi connectivity index (χ2v) is 6.91. The largest absolute Gasteiger partial charge is 0.302 e. The molecule has 0 N–H and O–H groups in total. The van der Waals surface area contributed by atoms with E-state index < -0.39 is 0 Å². The van der Waals surface area contributed by atoms with E-state index in [2.05, 4.69) is 15.2 Å². The Morgan fingerprint density at radius 3 is 2.76 bits per heavy atom. The second kappa shape index (κ2) is 7.99. The lowest BCUT2D eigenvalue weighted by atomic mass is 10.1. The van der Waals surface area contributed by atoms with Crippen molar-refractivity contribution >= 4 is 40.7 Å². The third-order valence-corrected chi connectivity index (χ3v) is 5.03. The molecule has 0 atom stereocenters. The minimum absolute atomic E-state index is 0.0831. The Labute approximate surface area is 159 Å². The van der Waals surface area contributed by atoms with Crippen LogP contribution in [0.25, 0.3) is 11.4 Å². The van der Waals surface area contributed by atoms with E-state index in [9.17, 15) is 4.79 Å². The number of benzene rings is 1. The molecule has 1 aromatic carbocycles. The molecular formula is C17H14Cl2N4OS. The lowest BCUT2D eigenvalue weighted by Gasteiger charge is -2.07. The van der Waals surface area contributed by atoms with Gasteiger partial charge in [-0.3, -0.25) is 9.78 Å². The average Bonchev–Trinajstić information content (AvgIpc) is 3.03. The topological polar surface area (TPSA) is 60.7 Å². The first kappa shape index (κ1) is 17.9. The van der Waals surface area contributed by atoms with Gasteiger partial charge >= 0.3 is 0 Å². The maximum Gasteiger partial charge on any atom is 0.191 e. The standard InChI is InChI=1S/C17H14Cl2N4OS/c1-2-23-16(11-4-3-7-20-9-11)21-22-17(23)25-10-15(24)13-6-5-12(18)8-14(13)19/h3-9H,2,10H2,1H3. The number of nitrogens with zero attached hydrogens (tertiary/aromatic N) is 4. The molecule has 0 radical (unpaired) electrons. The van der Waals surface area contributed by atoms with Crippen molar-refractivity contribution in [2.24, 2.45) is 0 Å². The number of aromatic nitrogens is 4. The molecule has 0 aliphatic carbocycles. The zero-order valence-electron chi connectivity index (χ0n) is 13.3. The van der Waals surface area contributed by atoms with Crippen molar-refractivity contribution < 1.29 is 4.79 Å². The Morgan fingerprint density at radius 1 is 1.24 bits per heavy atom. The number of carbonyl (C=O) groups is 1. The van der Waals surface area contributed by atoms with Gasteiger partial charge in [0.1, 0.15) is 0 Å². The van der Waals surface area contributed by atoms with E-state index in [-0.39, 0.29) is 11.5 Å². The van der Waals surface area contributed by atoms with Gasteiger partial charge in [-0.2, -0.15) is 0 Å². The van der Waals surface area contributed by atoms with E-state index in [1.807, 2.05) is 23.6 Å². The van der Waals surface area contributed by atoms with Gasteiger partial charge in [-0.05, 0) is 37.3 Å². The lowest BCUT2D eigenvalue weighted by molar-refractivity contribution is 0.102. The Balaban J connectivity index is 1.77. The Hall–Kier alpha value is -1.89. The quantitative estimate of drug-likeness (QED) is 0.451. The molecule has 8 heteroatoms. The van der Waals surface area contributed by atoms with Gasteiger partial charge in [0.15, 0.2) is 16.8 Å². The van der Waals surface area contributed by atoms with Crippen molar-refractivity contribution in [3.05, 3.63) is 58.3 Å². The third-order valence-electron chi connectivity index (χ3n) is 3.52. The maximum absolute atomic E-state index is 12.4. The van der Waals surface area contributed by atoms with E-state index in [1.54, 1.807) is 30.6 Å². The highest BCUT2D eigenvalue weighted by molar-refractivity contribution is 7.99. The number of hydrogen-bond acceptors (Lipinski definition) is 5. The third kappa shape index (κ3) is 4.03. The van der Waals surface area contributed by atoms with E-state index in [4.69, 9.17) is 23.2 Å². The van der Waals surface area contributed by atoms with Crippen LogP contribution in [0.5, 0.6) is 0 Å². The Kier molecular flexibility index (Phi) is 5.73. The molecule has 5 nitrogen and oxygen atoms in total. The summed E-state index contributed by atoms with van der Waals surface area (Å²) in [5, 5.41) is 9.98. The van der Waals surface area contributed by atoms with Crippen molar-refractivity contribution in [3.63, 3.8) is 0 Å². The fourth-order valence-electron chi connectivity index (χ4n) is 2.31. The molecule has 0 aliphatic rings. The van der Waals surface area contributed by atoms with Gasteiger partial charge in [0.05, 0.1) is 10.8 Å². The smallest absolute Gasteiger partial charge is 0.191 e.